The Balaban J connectivity index is 1.83. The second-order valence-corrected chi connectivity index (χ2v) is 8.32. The molecule has 0 saturated heterocycles. The monoisotopic (exact) mass is 443 g/mol. The summed E-state index contributed by atoms with van der Waals surface area (Å²) < 4.78 is 19.5. The van der Waals surface area contributed by atoms with Crippen molar-refractivity contribution in [2.45, 2.75) is 39.0 Å². The first kappa shape index (κ1) is 21.2. The summed E-state index contributed by atoms with van der Waals surface area (Å²) in [7, 11) is 0. The number of nitrogens with one attached hydrogen (secondary N) is 1. The number of carbonyl (C=O) groups is 2. The number of anilines is 1. The maximum Gasteiger partial charge on any atom is 0.359 e. The number of hydrogen-bond acceptors (Lipinski definition) is 6. The van der Waals surface area contributed by atoms with E-state index in [9.17, 15) is 18.8 Å². The molecule has 1 fully saturated rings. The summed E-state index contributed by atoms with van der Waals surface area (Å²) >= 11 is 1.17. The second-order valence-electron chi connectivity index (χ2n) is 7.44. The van der Waals surface area contributed by atoms with Crippen LogP contribution in [0.1, 0.15) is 49.5 Å². The van der Waals surface area contributed by atoms with Crippen LogP contribution in [0.2, 0.25) is 0 Å². The molecule has 3 aromatic rings. The predicted molar refractivity (Wildman–Crippen MR) is 116 cm³/mol. The first-order chi connectivity index (χ1) is 15.0. The van der Waals surface area contributed by atoms with Gasteiger partial charge in [-0.1, -0.05) is 19.3 Å². The van der Waals surface area contributed by atoms with Crippen molar-refractivity contribution >= 4 is 39.0 Å². The van der Waals surface area contributed by atoms with Crippen molar-refractivity contribution in [3.05, 3.63) is 51.5 Å². The molecular weight excluding hydrogens is 421 g/mol. The second kappa shape index (κ2) is 8.97. The first-order valence-corrected chi connectivity index (χ1v) is 11.2. The summed E-state index contributed by atoms with van der Waals surface area (Å²) in [4.78, 5) is 38.6. The van der Waals surface area contributed by atoms with Crippen LogP contribution in [0.4, 0.5) is 9.39 Å². The number of carbonyl (C=O) groups excluding carboxylic acids is 2. The number of thiophene rings is 1. The van der Waals surface area contributed by atoms with Gasteiger partial charge in [0.2, 0.25) is 5.91 Å². The zero-order valence-electron chi connectivity index (χ0n) is 17.0. The molecule has 1 amide bonds. The van der Waals surface area contributed by atoms with E-state index in [1.54, 1.807) is 12.3 Å². The molecule has 2 heterocycles. The Bertz CT molecular complexity index is 1180. The van der Waals surface area contributed by atoms with Gasteiger partial charge in [-0.25, -0.2) is 9.18 Å². The topological polar surface area (TPSA) is 90.3 Å². The molecule has 9 heteroatoms. The van der Waals surface area contributed by atoms with Gasteiger partial charge < -0.3 is 10.1 Å². The lowest BCUT2D eigenvalue weighted by Gasteiger charge is -2.20. The Morgan fingerprint density at radius 2 is 1.94 bits per heavy atom. The highest BCUT2D eigenvalue weighted by Gasteiger charge is 2.26. The molecule has 0 radical (unpaired) electrons. The highest BCUT2D eigenvalue weighted by atomic mass is 32.1. The van der Waals surface area contributed by atoms with E-state index in [0.717, 1.165) is 36.8 Å². The van der Waals surface area contributed by atoms with Crippen LogP contribution in [0.3, 0.4) is 0 Å². The van der Waals surface area contributed by atoms with Crippen molar-refractivity contribution in [2.24, 2.45) is 5.92 Å². The van der Waals surface area contributed by atoms with Gasteiger partial charge in [0.05, 0.1) is 17.7 Å². The van der Waals surface area contributed by atoms with Gasteiger partial charge in [0, 0.05) is 16.7 Å². The minimum Gasteiger partial charge on any atom is -0.461 e. The normalized spacial score (nSPS) is 14.5. The number of fused-ring (bicyclic) bond motifs is 1. The molecule has 162 valence electrons. The molecule has 31 heavy (non-hydrogen) atoms. The Morgan fingerprint density at radius 1 is 1.23 bits per heavy atom. The first-order valence-electron chi connectivity index (χ1n) is 10.3. The Kier molecular flexibility index (Phi) is 6.13. The fraction of sp³-hybridized carbons (Fsp3) is 0.364. The maximum atomic E-state index is 13.4. The van der Waals surface area contributed by atoms with Gasteiger partial charge >= 0.3 is 5.97 Å². The summed E-state index contributed by atoms with van der Waals surface area (Å²) in [5.74, 6) is -1.34. The number of amides is 1. The van der Waals surface area contributed by atoms with E-state index in [1.165, 1.54) is 35.6 Å². The molecule has 0 spiro atoms. The quantitative estimate of drug-likeness (QED) is 0.595. The largest absolute Gasteiger partial charge is 0.461 e. The van der Waals surface area contributed by atoms with Crippen molar-refractivity contribution in [2.75, 3.05) is 11.9 Å². The lowest BCUT2D eigenvalue weighted by Crippen LogP contribution is -2.27. The van der Waals surface area contributed by atoms with E-state index in [0.29, 0.717) is 16.1 Å². The molecule has 4 rings (SSSR count). The Morgan fingerprint density at radius 3 is 2.61 bits per heavy atom. The summed E-state index contributed by atoms with van der Waals surface area (Å²) in [5, 5.41) is 9.61. The number of rotatable bonds is 5. The van der Waals surface area contributed by atoms with Gasteiger partial charge in [0.15, 0.2) is 5.69 Å². The van der Waals surface area contributed by atoms with Gasteiger partial charge in [0.1, 0.15) is 10.8 Å². The maximum absolute atomic E-state index is 13.4. The molecule has 0 atom stereocenters. The van der Waals surface area contributed by atoms with Crippen molar-refractivity contribution < 1.29 is 18.7 Å². The zero-order chi connectivity index (χ0) is 22.0. The van der Waals surface area contributed by atoms with E-state index in [2.05, 4.69) is 10.4 Å². The Labute approximate surface area is 181 Å². The van der Waals surface area contributed by atoms with E-state index in [1.807, 2.05) is 0 Å². The average molecular weight is 444 g/mol. The van der Waals surface area contributed by atoms with Crippen LogP contribution in [-0.2, 0) is 9.53 Å². The minimum atomic E-state index is -0.675. The van der Waals surface area contributed by atoms with Gasteiger partial charge in [-0.05, 0) is 44.0 Å². The third-order valence-electron chi connectivity index (χ3n) is 5.41. The van der Waals surface area contributed by atoms with Crippen molar-refractivity contribution in [1.82, 2.24) is 9.78 Å². The lowest BCUT2D eigenvalue weighted by atomic mass is 9.89. The number of ether oxygens (including phenoxy) is 1. The highest BCUT2D eigenvalue weighted by molar-refractivity contribution is 7.16. The molecule has 1 aliphatic rings. The number of esters is 1. The van der Waals surface area contributed by atoms with Gasteiger partial charge in [-0.15, -0.1) is 11.3 Å². The minimum absolute atomic E-state index is 0.0322. The summed E-state index contributed by atoms with van der Waals surface area (Å²) in [6, 6.07) is 5.21. The molecule has 0 aliphatic heterocycles. The zero-order valence-corrected chi connectivity index (χ0v) is 17.8. The summed E-state index contributed by atoms with van der Waals surface area (Å²) in [6.45, 7) is 1.82. The van der Waals surface area contributed by atoms with Crippen LogP contribution < -0.4 is 10.9 Å². The number of aromatic nitrogens is 2. The van der Waals surface area contributed by atoms with Gasteiger partial charge in [-0.2, -0.15) is 9.78 Å². The third-order valence-corrected chi connectivity index (χ3v) is 6.30. The van der Waals surface area contributed by atoms with Crippen molar-refractivity contribution in [1.29, 1.82) is 0 Å². The van der Waals surface area contributed by atoms with Crippen molar-refractivity contribution in [3.8, 4) is 5.69 Å². The van der Waals surface area contributed by atoms with Crippen LogP contribution in [0, 0.1) is 11.7 Å². The van der Waals surface area contributed by atoms with E-state index in [4.69, 9.17) is 4.74 Å². The molecule has 1 aliphatic carbocycles. The molecule has 1 aromatic carbocycles. The summed E-state index contributed by atoms with van der Waals surface area (Å²) in [5.41, 5.74) is -0.236. The fourth-order valence-corrected chi connectivity index (χ4v) is 4.77. The van der Waals surface area contributed by atoms with E-state index >= 15 is 0 Å². The van der Waals surface area contributed by atoms with Crippen LogP contribution in [0.15, 0.2) is 34.4 Å². The molecule has 2 aromatic heterocycles. The van der Waals surface area contributed by atoms with E-state index in [-0.39, 0.29) is 29.5 Å². The summed E-state index contributed by atoms with van der Waals surface area (Å²) in [6.07, 6.45) is 4.80. The molecule has 1 N–H and O–H groups in total. The van der Waals surface area contributed by atoms with Crippen LogP contribution in [-0.4, -0.2) is 28.3 Å². The standard InChI is InChI=1S/C22H22FN3O4S/c1-2-30-22(29)18-16-12-31-20(24-19(27)13-6-4-3-5-7-13)17(16)21(28)26(25-18)15-10-8-14(23)9-11-15/h8-13H,2-7H2,1H3,(H,24,27). The number of halogens is 1. The van der Waals surface area contributed by atoms with Crippen LogP contribution in [0.25, 0.3) is 16.5 Å². The van der Waals surface area contributed by atoms with Gasteiger partial charge in [0.25, 0.3) is 5.56 Å². The molecular formula is C22H22FN3O4S. The van der Waals surface area contributed by atoms with Crippen LogP contribution >= 0.6 is 11.3 Å². The smallest absolute Gasteiger partial charge is 0.359 e. The molecule has 0 unspecified atom stereocenters. The van der Waals surface area contributed by atoms with Crippen molar-refractivity contribution in [3.63, 3.8) is 0 Å². The molecule has 0 bridgehead atoms. The van der Waals surface area contributed by atoms with Gasteiger partial charge in [-0.3, -0.25) is 9.59 Å². The fourth-order valence-electron chi connectivity index (χ4n) is 3.83. The third kappa shape index (κ3) is 4.23. The predicted octanol–water partition coefficient (Wildman–Crippen LogP) is 4.28. The molecule has 1 saturated carbocycles. The lowest BCUT2D eigenvalue weighted by molar-refractivity contribution is -0.120. The Hall–Kier alpha value is -3.07. The SMILES string of the molecule is CCOC(=O)c1nn(-c2ccc(F)cc2)c(=O)c2c(NC(=O)C3CCCCC3)scc12. The molecule has 7 nitrogen and oxygen atoms in total. The van der Waals surface area contributed by atoms with E-state index < -0.39 is 17.3 Å². The number of benzene rings is 1. The highest BCUT2D eigenvalue weighted by Crippen LogP contribution is 2.32. The number of hydrogen-bond donors (Lipinski definition) is 1. The van der Waals surface area contributed by atoms with Crippen LogP contribution in [0.5, 0.6) is 0 Å². The number of nitrogens with zero attached hydrogens (tertiary/aromatic N) is 2. The average Bonchev–Trinajstić information content (AvgIpc) is 3.19.